The van der Waals surface area contributed by atoms with E-state index < -0.39 is 0 Å². The van der Waals surface area contributed by atoms with E-state index >= 15 is 0 Å². The fourth-order valence-corrected chi connectivity index (χ4v) is 2.94. The van der Waals surface area contributed by atoms with Gasteiger partial charge in [0.15, 0.2) is 0 Å². The lowest BCUT2D eigenvalue weighted by molar-refractivity contribution is 0.220. The van der Waals surface area contributed by atoms with Crippen molar-refractivity contribution >= 4 is 0 Å². The van der Waals surface area contributed by atoms with Gasteiger partial charge in [-0.1, -0.05) is 46.0 Å². The Hall–Kier alpha value is -0.0800. The monoisotopic (exact) mass is 254 g/mol. The van der Waals surface area contributed by atoms with E-state index in [4.69, 9.17) is 0 Å². The van der Waals surface area contributed by atoms with Gasteiger partial charge in [-0.25, -0.2) is 0 Å². The number of rotatable bonds is 10. The van der Waals surface area contributed by atoms with Gasteiger partial charge in [0.05, 0.1) is 0 Å². The van der Waals surface area contributed by atoms with Gasteiger partial charge >= 0.3 is 0 Å². The Morgan fingerprint density at radius 3 is 2.44 bits per heavy atom. The highest BCUT2D eigenvalue weighted by molar-refractivity contribution is 4.76. The molecule has 1 rings (SSSR count). The molecule has 0 aromatic heterocycles. The van der Waals surface area contributed by atoms with Gasteiger partial charge in [0.2, 0.25) is 0 Å². The van der Waals surface area contributed by atoms with Crippen LogP contribution in [0.5, 0.6) is 0 Å². The van der Waals surface area contributed by atoms with Gasteiger partial charge < -0.3 is 10.2 Å². The predicted molar refractivity (Wildman–Crippen MR) is 81.1 cm³/mol. The minimum absolute atomic E-state index is 0.765. The van der Waals surface area contributed by atoms with Crippen LogP contribution in [0.2, 0.25) is 0 Å². The summed E-state index contributed by atoms with van der Waals surface area (Å²) >= 11 is 0. The molecular weight excluding hydrogens is 220 g/mol. The maximum absolute atomic E-state index is 3.68. The number of piperidine rings is 1. The van der Waals surface area contributed by atoms with Crippen molar-refractivity contribution in [3.05, 3.63) is 0 Å². The van der Waals surface area contributed by atoms with Crippen molar-refractivity contribution in [2.24, 2.45) is 0 Å². The van der Waals surface area contributed by atoms with Crippen LogP contribution in [0.3, 0.4) is 0 Å². The molecule has 0 spiro atoms. The highest BCUT2D eigenvalue weighted by Gasteiger charge is 2.15. The SMILES string of the molecule is CCCCCCCN(CCC)CC1CCCCN1. The lowest BCUT2D eigenvalue weighted by Gasteiger charge is -2.30. The molecule has 1 atom stereocenters. The van der Waals surface area contributed by atoms with Crippen LogP contribution >= 0.6 is 0 Å². The number of hydrogen-bond donors (Lipinski definition) is 1. The predicted octanol–water partition coefficient (Wildman–Crippen LogP) is 3.81. The molecular formula is C16H34N2. The Balaban J connectivity index is 2.12. The second-order valence-electron chi connectivity index (χ2n) is 5.86. The molecule has 0 bridgehead atoms. The first-order valence-electron chi connectivity index (χ1n) is 8.32. The lowest BCUT2D eigenvalue weighted by atomic mass is 10.0. The van der Waals surface area contributed by atoms with E-state index in [9.17, 15) is 0 Å². The molecule has 0 aromatic rings. The van der Waals surface area contributed by atoms with Crippen molar-refractivity contribution in [3.63, 3.8) is 0 Å². The summed E-state index contributed by atoms with van der Waals surface area (Å²) in [6, 6.07) is 0.765. The summed E-state index contributed by atoms with van der Waals surface area (Å²) in [6.45, 7) is 9.71. The number of nitrogens with one attached hydrogen (secondary N) is 1. The van der Waals surface area contributed by atoms with Crippen molar-refractivity contribution in [1.82, 2.24) is 10.2 Å². The van der Waals surface area contributed by atoms with Gasteiger partial charge in [-0.3, -0.25) is 0 Å². The summed E-state index contributed by atoms with van der Waals surface area (Å²) in [4.78, 5) is 2.69. The van der Waals surface area contributed by atoms with E-state index in [1.54, 1.807) is 0 Å². The fraction of sp³-hybridized carbons (Fsp3) is 1.00. The summed E-state index contributed by atoms with van der Waals surface area (Å²) < 4.78 is 0. The maximum Gasteiger partial charge on any atom is 0.0195 e. The third-order valence-electron chi connectivity index (χ3n) is 4.01. The van der Waals surface area contributed by atoms with Crippen LogP contribution in [-0.4, -0.2) is 37.1 Å². The Morgan fingerprint density at radius 2 is 1.78 bits per heavy atom. The van der Waals surface area contributed by atoms with E-state index in [0.717, 1.165) is 6.04 Å². The summed E-state index contributed by atoms with van der Waals surface area (Å²) in [5, 5.41) is 3.68. The molecule has 2 heteroatoms. The van der Waals surface area contributed by atoms with Crippen LogP contribution in [0.4, 0.5) is 0 Å². The quantitative estimate of drug-likeness (QED) is 0.596. The number of hydrogen-bond acceptors (Lipinski definition) is 2. The number of unbranched alkanes of at least 4 members (excludes halogenated alkanes) is 4. The third kappa shape index (κ3) is 7.38. The van der Waals surface area contributed by atoms with Crippen LogP contribution in [-0.2, 0) is 0 Å². The van der Waals surface area contributed by atoms with Crippen molar-refractivity contribution < 1.29 is 0 Å². The van der Waals surface area contributed by atoms with Gasteiger partial charge in [-0.2, -0.15) is 0 Å². The molecule has 1 saturated heterocycles. The summed E-state index contributed by atoms with van der Waals surface area (Å²) in [7, 11) is 0. The molecule has 18 heavy (non-hydrogen) atoms. The van der Waals surface area contributed by atoms with Crippen LogP contribution in [0.25, 0.3) is 0 Å². The molecule has 1 aliphatic heterocycles. The van der Waals surface area contributed by atoms with Crippen molar-refractivity contribution in [1.29, 1.82) is 0 Å². The zero-order chi connectivity index (χ0) is 13.1. The topological polar surface area (TPSA) is 15.3 Å². The van der Waals surface area contributed by atoms with E-state index in [-0.39, 0.29) is 0 Å². The highest BCUT2D eigenvalue weighted by atomic mass is 15.1. The van der Waals surface area contributed by atoms with Crippen molar-refractivity contribution in [2.45, 2.75) is 77.7 Å². The minimum Gasteiger partial charge on any atom is -0.313 e. The Morgan fingerprint density at radius 1 is 0.944 bits per heavy atom. The van der Waals surface area contributed by atoms with Crippen LogP contribution in [0.15, 0.2) is 0 Å². The third-order valence-corrected chi connectivity index (χ3v) is 4.01. The maximum atomic E-state index is 3.68. The normalized spacial score (nSPS) is 20.5. The van der Waals surface area contributed by atoms with Gasteiger partial charge in [-0.05, 0) is 45.3 Å². The fourth-order valence-electron chi connectivity index (χ4n) is 2.94. The van der Waals surface area contributed by atoms with E-state index in [1.165, 1.54) is 84.0 Å². The van der Waals surface area contributed by atoms with Crippen LogP contribution in [0, 0.1) is 0 Å². The summed E-state index contributed by atoms with van der Waals surface area (Å²) in [5.41, 5.74) is 0. The average Bonchev–Trinajstić information content (AvgIpc) is 2.40. The van der Waals surface area contributed by atoms with E-state index in [2.05, 4.69) is 24.1 Å². The van der Waals surface area contributed by atoms with Crippen LogP contribution < -0.4 is 5.32 Å². The van der Waals surface area contributed by atoms with Crippen LogP contribution in [0.1, 0.15) is 71.6 Å². The minimum atomic E-state index is 0.765. The van der Waals surface area contributed by atoms with Gasteiger partial charge in [0, 0.05) is 12.6 Å². The molecule has 1 unspecified atom stereocenters. The van der Waals surface area contributed by atoms with Crippen molar-refractivity contribution in [3.8, 4) is 0 Å². The molecule has 0 radical (unpaired) electrons. The summed E-state index contributed by atoms with van der Waals surface area (Å²) in [6.07, 6.45) is 12.5. The first-order valence-corrected chi connectivity index (χ1v) is 8.32. The first kappa shape index (κ1) is 16.0. The second kappa shape index (κ2) is 10.8. The molecule has 0 aliphatic carbocycles. The standard InChI is InChI=1S/C16H34N2/c1-3-5-6-7-10-14-18(13-4-2)15-16-11-8-9-12-17-16/h16-17H,3-15H2,1-2H3. The summed E-state index contributed by atoms with van der Waals surface area (Å²) in [5.74, 6) is 0. The van der Waals surface area contributed by atoms with Gasteiger partial charge in [0.25, 0.3) is 0 Å². The molecule has 2 nitrogen and oxygen atoms in total. The molecule has 0 aromatic carbocycles. The van der Waals surface area contributed by atoms with Crippen molar-refractivity contribution in [2.75, 3.05) is 26.2 Å². The molecule has 1 fully saturated rings. The van der Waals surface area contributed by atoms with Gasteiger partial charge in [0.1, 0.15) is 0 Å². The first-order chi connectivity index (χ1) is 8.86. The Kier molecular flexibility index (Phi) is 9.59. The van der Waals surface area contributed by atoms with E-state index in [0.29, 0.717) is 0 Å². The second-order valence-corrected chi connectivity index (χ2v) is 5.86. The van der Waals surface area contributed by atoms with E-state index in [1.807, 2.05) is 0 Å². The highest BCUT2D eigenvalue weighted by Crippen LogP contribution is 2.10. The molecule has 0 amide bonds. The molecule has 1 aliphatic rings. The average molecular weight is 254 g/mol. The molecule has 1 N–H and O–H groups in total. The van der Waals surface area contributed by atoms with Gasteiger partial charge in [-0.15, -0.1) is 0 Å². The number of nitrogens with zero attached hydrogens (tertiary/aromatic N) is 1. The molecule has 1 heterocycles. The zero-order valence-electron chi connectivity index (χ0n) is 12.7. The lowest BCUT2D eigenvalue weighted by Crippen LogP contribution is -2.44. The zero-order valence-corrected chi connectivity index (χ0v) is 12.7. The smallest absolute Gasteiger partial charge is 0.0195 e. The Labute approximate surface area is 115 Å². The molecule has 108 valence electrons. The molecule has 0 saturated carbocycles. The Bertz CT molecular complexity index is 176. The largest absolute Gasteiger partial charge is 0.313 e.